The van der Waals surface area contributed by atoms with Crippen molar-refractivity contribution in [3.63, 3.8) is 0 Å². The highest BCUT2D eigenvalue weighted by molar-refractivity contribution is 5.75. The molecule has 2 aromatic carbocycles. The number of aliphatic hydroxyl groups is 1. The van der Waals surface area contributed by atoms with Crippen molar-refractivity contribution >= 4 is 6.03 Å². The minimum atomic E-state index is -1.31. The van der Waals surface area contributed by atoms with Crippen molar-refractivity contribution in [2.24, 2.45) is 11.8 Å². The average Bonchev–Trinajstić information content (AvgIpc) is 3.52. The standard InChI is InChI=1S/C30H41N3O2/c1-22(30(35,25-8-4-2-5-9-25)26-10-6-3-7-11-26)31-29(34)32-27-15-12-23(13-16-27)18-19-33-21-24-14-17-28(33)20-24/h2-11,22-24,27-28,35H,12-21H2,1H3,(H2,31,32,34)/t22-,23?,24-,27?,28+/m0/s1. The van der Waals surface area contributed by atoms with Crippen LogP contribution in [0.4, 0.5) is 4.79 Å². The number of nitrogens with one attached hydrogen (secondary N) is 2. The first-order valence-corrected chi connectivity index (χ1v) is 13.7. The lowest BCUT2D eigenvalue weighted by Crippen LogP contribution is -2.54. The van der Waals surface area contributed by atoms with E-state index in [-0.39, 0.29) is 12.1 Å². The molecule has 3 aliphatic rings. The summed E-state index contributed by atoms with van der Waals surface area (Å²) >= 11 is 0. The van der Waals surface area contributed by atoms with E-state index in [4.69, 9.17) is 0 Å². The second-order valence-electron chi connectivity index (χ2n) is 11.2. The highest BCUT2D eigenvalue weighted by atomic mass is 16.3. The first-order valence-electron chi connectivity index (χ1n) is 13.7. The van der Waals surface area contributed by atoms with Crippen molar-refractivity contribution in [3.8, 4) is 0 Å². The van der Waals surface area contributed by atoms with Gasteiger partial charge >= 0.3 is 6.03 Å². The number of urea groups is 1. The second-order valence-corrected chi connectivity index (χ2v) is 11.2. The van der Waals surface area contributed by atoms with Crippen molar-refractivity contribution in [3.05, 3.63) is 71.8 Å². The molecule has 0 unspecified atom stereocenters. The summed E-state index contributed by atoms with van der Waals surface area (Å²) in [5.74, 6) is 1.76. The van der Waals surface area contributed by atoms with E-state index in [0.717, 1.165) is 41.8 Å². The summed E-state index contributed by atoms with van der Waals surface area (Å²) in [6, 6.07) is 19.6. The molecule has 0 aromatic heterocycles. The summed E-state index contributed by atoms with van der Waals surface area (Å²) in [5.41, 5.74) is 0.225. The van der Waals surface area contributed by atoms with Crippen LogP contribution >= 0.6 is 0 Å². The van der Waals surface area contributed by atoms with Gasteiger partial charge in [-0.2, -0.15) is 0 Å². The van der Waals surface area contributed by atoms with Crippen molar-refractivity contribution in [1.82, 2.24) is 15.5 Å². The van der Waals surface area contributed by atoms with Crippen LogP contribution < -0.4 is 10.6 Å². The monoisotopic (exact) mass is 475 g/mol. The van der Waals surface area contributed by atoms with Crippen LogP contribution in [0.3, 0.4) is 0 Å². The van der Waals surface area contributed by atoms with Gasteiger partial charge in [-0.15, -0.1) is 0 Å². The predicted octanol–water partition coefficient (Wildman–Crippen LogP) is 5.04. The third-order valence-electron chi connectivity index (χ3n) is 8.93. The Morgan fingerprint density at radius 2 is 1.60 bits per heavy atom. The number of benzene rings is 2. The van der Waals surface area contributed by atoms with Crippen LogP contribution in [0.25, 0.3) is 0 Å². The molecular weight excluding hydrogens is 434 g/mol. The van der Waals surface area contributed by atoms with Crippen LogP contribution in [-0.4, -0.2) is 47.3 Å². The Bertz CT molecular complexity index is 919. The Morgan fingerprint density at radius 3 is 2.14 bits per heavy atom. The summed E-state index contributed by atoms with van der Waals surface area (Å²) < 4.78 is 0. The fraction of sp³-hybridized carbons (Fsp3) is 0.567. The topological polar surface area (TPSA) is 64.6 Å². The normalized spacial score (nSPS) is 27.5. The Labute approximate surface area is 210 Å². The number of piperidine rings is 1. The van der Waals surface area contributed by atoms with Crippen molar-refractivity contribution in [1.29, 1.82) is 0 Å². The zero-order valence-electron chi connectivity index (χ0n) is 21.0. The van der Waals surface area contributed by atoms with Crippen molar-refractivity contribution < 1.29 is 9.90 Å². The third kappa shape index (κ3) is 5.41. The highest BCUT2D eigenvalue weighted by Gasteiger charge is 2.39. The molecule has 0 radical (unpaired) electrons. The first kappa shape index (κ1) is 24.3. The number of rotatable bonds is 8. The minimum Gasteiger partial charge on any atom is -0.378 e. The molecule has 0 spiro atoms. The largest absolute Gasteiger partial charge is 0.378 e. The number of fused-ring (bicyclic) bond motifs is 2. The van der Waals surface area contributed by atoms with E-state index in [2.05, 4.69) is 15.5 Å². The average molecular weight is 476 g/mol. The SMILES string of the molecule is C[C@H](NC(=O)NC1CCC(CCN2C[C@H]3CC[C@@H]2C3)CC1)C(O)(c1ccccc1)c1ccccc1. The third-order valence-corrected chi connectivity index (χ3v) is 8.93. The Hall–Kier alpha value is -2.37. The molecule has 1 heterocycles. The van der Waals surface area contributed by atoms with E-state index in [1.165, 1.54) is 51.6 Å². The van der Waals surface area contributed by atoms with Crippen LogP contribution in [0.2, 0.25) is 0 Å². The van der Waals surface area contributed by atoms with Crippen LogP contribution in [0.1, 0.15) is 69.4 Å². The fourth-order valence-corrected chi connectivity index (χ4v) is 6.82. The van der Waals surface area contributed by atoms with Gasteiger partial charge in [-0.1, -0.05) is 60.7 Å². The van der Waals surface area contributed by atoms with Gasteiger partial charge in [-0.25, -0.2) is 4.79 Å². The first-order chi connectivity index (χ1) is 17.0. The van der Waals surface area contributed by atoms with E-state index in [1.54, 1.807) is 0 Å². The molecule has 5 heteroatoms. The van der Waals surface area contributed by atoms with Gasteiger partial charge in [0.05, 0.1) is 6.04 Å². The molecule has 5 rings (SSSR count). The highest BCUT2D eigenvalue weighted by Crippen LogP contribution is 2.38. The van der Waals surface area contributed by atoms with Crippen LogP contribution in [0.15, 0.2) is 60.7 Å². The summed E-state index contributed by atoms with van der Waals surface area (Å²) in [4.78, 5) is 15.7. The zero-order chi connectivity index (χ0) is 24.3. The maximum atomic E-state index is 12.9. The van der Waals surface area contributed by atoms with Crippen LogP contribution in [-0.2, 0) is 5.60 Å². The maximum absolute atomic E-state index is 12.9. The molecule has 2 bridgehead atoms. The van der Waals surface area contributed by atoms with Crippen molar-refractivity contribution in [2.75, 3.05) is 13.1 Å². The molecule has 1 aliphatic heterocycles. The van der Waals surface area contributed by atoms with Gasteiger partial charge < -0.3 is 20.6 Å². The number of carbonyl (C=O) groups is 1. The molecule has 188 valence electrons. The van der Waals surface area contributed by atoms with Gasteiger partial charge in [0.2, 0.25) is 0 Å². The van der Waals surface area contributed by atoms with E-state index >= 15 is 0 Å². The van der Waals surface area contributed by atoms with Gasteiger partial charge in [-0.05, 0) is 87.8 Å². The van der Waals surface area contributed by atoms with Gasteiger partial charge in [0.1, 0.15) is 5.60 Å². The molecule has 2 aromatic rings. The van der Waals surface area contributed by atoms with Gasteiger partial charge in [0, 0.05) is 18.6 Å². The van der Waals surface area contributed by atoms with Gasteiger partial charge in [-0.3, -0.25) is 0 Å². The Balaban J connectivity index is 1.12. The van der Waals surface area contributed by atoms with Gasteiger partial charge in [0.15, 0.2) is 0 Å². The molecule has 5 nitrogen and oxygen atoms in total. The number of amides is 2. The Kier molecular flexibility index (Phi) is 7.45. The molecule has 3 atom stereocenters. The Morgan fingerprint density at radius 1 is 0.971 bits per heavy atom. The number of hydrogen-bond acceptors (Lipinski definition) is 3. The molecule has 35 heavy (non-hydrogen) atoms. The number of hydrogen-bond donors (Lipinski definition) is 3. The molecule has 3 N–H and O–H groups in total. The minimum absolute atomic E-state index is 0.195. The summed E-state index contributed by atoms with van der Waals surface area (Å²) in [5, 5.41) is 18.1. The lowest BCUT2D eigenvalue weighted by atomic mass is 9.81. The molecule has 3 fully saturated rings. The zero-order valence-corrected chi connectivity index (χ0v) is 21.0. The number of nitrogens with zero attached hydrogens (tertiary/aromatic N) is 1. The molecule has 1 saturated heterocycles. The number of carbonyl (C=O) groups excluding carboxylic acids is 1. The lowest BCUT2D eigenvalue weighted by Gasteiger charge is -2.36. The maximum Gasteiger partial charge on any atom is 0.315 e. The fourth-order valence-electron chi connectivity index (χ4n) is 6.82. The quantitative estimate of drug-likeness (QED) is 0.501. The predicted molar refractivity (Wildman–Crippen MR) is 140 cm³/mol. The van der Waals surface area contributed by atoms with Crippen LogP contribution in [0.5, 0.6) is 0 Å². The second kappa shape index (κ2) is 10.7. The van der Waals surface area contributed by atoms with E-state index in [1.807, 2.05) is 67.6 Å². The molecule has 2 saturated carbocycles. The van der Waals surface area contributed by atoms with E-state index < -0.39 is 11.6 Å². The van der Waals surface area contributed by atoms with Gasteiger partial charge in [0.25, 0.3) is 0 Å². The van der Waals surface area contributed by atoms with E-state index in [0.29, 0.717) is 0 Å². The summed E-state index contributed by atoms with van der Waals surface area (Å²) in [7, 11) is 0. The summed E-state index contributed by atoms with van der Waals surface area (Å²) in [6.07, 6.45) is 10.1. The van der Waals surface area contributed by atoms with Crippen LogP contribution in [0, 0.1) is 11.8 Å². The molecule has 2 aliphatic carbocycles. The number of likely N-dealkylation sites (tertiary alicyclic amines) is 1. The smallest absolute Gasteiger partial charge is 0.315 e. The molecule has 2 amide bonds. The van der Waals surface area contributed by atoms with E-state index in [9.17, 15) is 9.90 Å². The molecular formula is C30H41N3O2. The summed E-state index contributed by atoms with van der Waals surface area (Å²) in [6.45, 7) is 4.47. The van der Waals surface area contributed by atoms with Crippen molar-refractivity contribution in [2.45, 2.75) is 82.0 Å². The lowest BCUT2D eigenvalue weighted by molar-refractivity contribution is 0.0470.